The summed E-state index contributed by atoms with van der Waals surface area (Å²) in [6, 6.07) is 16.4. The number of carbonyl (C=O) groups excluding carboxylic acids is 2. The summed E-state index contributed by atoms with van der Waals surface area (Å²) < 4.78 is 64.9. The van der Waals surface area contributed by atoms with Crippen molar-refractivity contribution in [2.75, 3.05) is 43.1 Å². The van der Waals surface area contributed by atoms with E-state index in [0.29, 0.717) is 72.6 Å². The topological polar surface area (TPSA) is 80.8 Å². The smallest absolute Gasteiger partial charge is 0.416 e. The van der Waals surface area contributed by atoms with Crippen LogP contribution in [0.15, 0.2) is 66.7 Å². The predicted octanol–water partition coefficient (Wildman–Crippen LogP) is 6.90. The molecule has 1 aromatic heterocycles. The maximum absolute atomic E-state index is 13.6. The van der Waals surface area contributed by atoms with Gasteiger partial charge in [-0.15, -0.1) is 0 Å². The van der Waals surface area contributed by atoms with Crippen LogP contribution < -0.4 is 10.2 Å². The molecule has 4 aromatic rings. The maximum Gasteiger partial charge on any atom is 0.416 e. The van der Waals surface area contributed by atoms with E-state index >= 15 is 0 Å². The van der Waals surface area contributed by atoms with Gasteiger partial charge in [0.1, 0.15) is 5.82 Å². The summed E-state index contributed by atoms with van der Waals surface area (Å²) in [6.45, 7) is 0.984. The highest BCUT2D eigenvalue weighted by atomic mass is 19.4. The van der Waals surface area contributed by atoms with Crippen molar-refractivity contribution in [3.8, 4) is 0 Å². The molecule has 2 aliphatic rings. The molecule has 3 aromatic carbocycles. The molecule has 232 valence electrons. The molecule has 1 amide bonds. The summed E-state index contributed by atoms with van der Waals surface area (Å²) in [6.07, 6.45) is -0.697. The highest BCUT2D eigenvalue weighted by Gasteiger charge is 2.32. The lowest BCUT2D eigenvalue weighted by molar-refractivity contribution is -0.137. The highest BCUT2D eigenvalue weighted by Crippen LogP contribution is 2.38. The van der Waals surface area contributed by atoms with Gasteiger partial charge in [-0.3, -0.25) is 4.79 Å². The van der Waals surface area contributed by atoms with E-state index in [1.165, 1.54) is 18.2 Å². The van der Waals surface area contributed by atoms with Crippen LogP contribution in [0.3, 0.4) is 0 Å². The fraction of sp³-hybridized carbons (Fsp3) is 0.265. The van der Waals surface area contributed by atoms with Crippen molar-refractivity contribution < 1.29 is 36.6 Å². The van der Waals surface area contributed by atoms with Crippen molar-refractivity contribution in [3.63, 3.8) is 0 Å². The van der Waals surface area contributed by atoms with E-state index in [-0.39, 0.29) is 11.5 Å². The Morgan fingerprint density at radius 3 is 2.51 bits per heavy atom. The number of fused-ring (bicyclic) bond motifs is 2. The molecular formula is C34H29F4N3O4. The lowest BCUT2D eigenvalue weighted by Gasteiger charge is -2.31. The summed E-state index contributed by atoms with van der Waals surface area (Å²) in [5, 5.41) is 3.08. The molecule has 1 aliphatic heterocycles. The maximum atomic E-state index is 13.6. The van der Waals surface area contributed by atoms with Gasteiger partial charge in [0.15, 0.2) is 6.61 Å². The average molecular weight is 620 g/mol. The second kappa shape index (κ2) is 12.7. The van der Waals surface area contributed by atoms with E-state index in [2.05, 4.69) is 5.32 Å². The first-order chi connectivity index (χ1) is 21.7. The molecule has 0 radical (unpaired) electrons. The molecule has 6 rings (SSSR count). The van der Waals surface area contributed by atoms with Crippen LogP contribution in [-0.4, -0.2) is 49.8 Å². The molecule has 0 spiro atoms. The van der Waals surface area contributed by atoms with Crippen molar-refractivity contribution in [2.24, 2.45) is 0 Å². The lowest BCUT2D eigenvalue weighted by atomic mass is 9.86. The number of benzene rings is 3. The molecule has 11 heteroatoms. The first-order valence-electron chi connectivity index (χ1n) is 14.6. The number of carbonyl (C=O) groups is 2. The minimum Gasteiger partial charge on any atom is -0.452 e. The molecule has 1 saturated heterocycles. The summed E-state index contributed by atoms with van der Waals surface area (Å²) in [7, 11) is 0. The molecule has 0 unspecified atom stereocenters. The van der Waals surface area contributed by atoms with Gasteiger partial charge in [-0.1, -0.05) is 30.3 Å². The van der Waals surface area contributed by atoms with Crippen molar-refractivity contribution in [3.05, 3.63) is 100 Å². The van der Waals surface area contributed by atoms with Crippen LogP contribution >= 0.6 is 0 Å². The molecule has 45 heavy (non-hydrogen) atoms. The number of amides is 1. The number of nitrogens with one attached hydrogen (secondary N) is 1. The predicted molar refractivity (Wildman–Crippen MR) is 162 cm³/mol. The first-order valence-corrected chi connectivity index (χ1v) is 14.6. The van der Waals surface area contributed by atoms with Gasteiger partial charge in [0.25, 0.3) is 5.91 Å². The number of ether oxygens (including phenoxy) is 2. The summed E-state index contributed by atoms with van der Waals surface area (Å²) in [5.41, 5.74) is 3.34. The van der Waals surface area contributed by atoms with E-state index in [1.807, 2.05) is 11.0 Å². The Hall–Kier alpha value is -4.77. The summed E-state index contributed by atoms with van der Waals surface area (Å²) in [5.74, 6) is -1.86. The molecule has 0 bridgehead atoms. The first kappa shape index (κ1) is 30.3. The van der Waals surface area contributed by atoms with Gasteiger partial charge in [0.2, 0.25) is 0 Å². The zero-order chi connectivity index (χ0) is 31.6. The number of hydrogen-bond acceptors (Lipinski definition) is 6. The fourth-order valence-corrected chi connectivity index (χ4v) is 5.75. The van der Waals surface area contributed by atoms with Crippen LogP contribution in [0.2, 0.25) is 0 Å². The molecule has 1 fully saturated rings. The normalized spacial score (nSPS) is 16.0. The molecule has 0 saturated carbocycles. The van der Waals surface area contributed by atoms with E-state index in [1.54, 1.807) is 36.4 Å². The standard InChI is InChI=1S/C34H29F4N3O4/c35-24-11-8-21(9-12-24)18-22-4-3-6-26-31(25-5-1-2-7-27(25)40-32(22)26)33(43)45-20-30(42)39-28-19-23(34(36,37)38)10-13-29(28)41-14-16-44-17-15-41/h1-2,5,7-13,18-19H,3-4,6,14-17,20H2,(H,39,42). The number of allylic oxidation sites excluding steroid dienone is 1. The van der Waals surface area contributed by atoms with Gasteiger partial charge in [-0.25, -0.2) is 14.2 Å². The highest BCUT2D eigenvalue weighted by molar-refractivity contribution is 6.07. The Morgan fingerprint density at radius 2 is 1.76 bits per heavy atom. The molecule has 0 atom stereocenters. The van der Waals surface area contributed by atoms with Crippen molar-refractivity contribution in [1.29, 1.82) is 0 Å². The van der Waals surface area contributed by atoms with Crippen molar-refractivity contribution in [2.45, 2.75) is 25.4 Å². The minimum absolute atomic E-state index is 0.0323. The Bertz CT molecular complexity index is 1780. The fourth-order valence-electron chi connectivity index (χ4n) is 5.75. The molecule has 1 aliphatic carbocycles. The second-order valence-corrected chi connectivity index (χ2v) is 10.9. The number of halogens is 4. The van der Waals surface area contributed by atoms with Gasteiger partial charge >= 0.3 is 12.1 Å². The van der Waals surface area contributed by atoms with Crippen LogP contribution in [0, 0.1) is 5.82 Å². The number of para-hydroxylation sites is 1. The number of anilines is 2. The van der Waals surface area contributed by atoms with Crippen molar-refractivity contribution >= 4 is 45.8 Å². The SMILES string of the molecule is O=C(COC(=O)c1c2c(nc3ccccc13)C(=Cc1ccc(F)cc1)CCC2)Nc1cc(C(F)(F)F)ccc1N1CCOCC1. The number of rotatable bonds is 6. The van der Waals surface area contributed by atoms with E-state index in [9.17, 15) is 27.2 Å². The molecule has 2 heterocycles. The lowest BCUT2D eigenvalue weighted by Crippen LogP contribution is -2.37. The van der Waals surface area contributed by atoms with E-state index in [4.69, 9.17) is 14.5 Å². The number of morpholine rings is 1. The largest absolute Gasteiger partial charge is 0.452 e. The molecule has 1 N–H and O–H groups in total. The van der Waals surface area contributed by atoms with Gasteiger partial charge in [-0.2, -0.15) is 13.2 Å². The Kier molecular flexibility index (Phi) is 8.53. The monoisotopic (exact) mass is 619 g/mol. The van der Waals surface area contributed by atoms with Crippen LogP contribution in [-0.2, 0) is 26.9 Å². The summed E-state index contributed by atoms with van der Waals surface area (Å²) in [4.78, 5) is 33.3. The Labute approximate surface area is 256 Å². The zero-order valence-electron chi connectivity index (χ0n) is 24.1. The zero-order valence-corrected chi connectivity index (χ0v) is 24.1. The van der Waals surface area contributed by atoms with Crippen LogP contribution in [0.1, 0.15) is 45.6 Å². The number of alkyl halides is 3. The van der Waals surface area contributed by atoms with Crippen LogP contribution in [0.25, 0.3) is 22.6 Å². The van der Waals surface area contributed by atoms with Gasteiger partial charge < -0.3 is 19.7 Å². The number of hydrogen-bond donors (Lipinski definition) is 1. The number of esters is 1. The van der Waals surface area contributed by atoms with Gasteiger partial charge in [0, 0.05) is 18.5 Å². The number of pyridine rings is 1. The van der Waals surface area contributed by atoms with Crippen LogP contribution in [0.5, 0.6) is 0 Å². The second-order valence-electron chi connectivity index (χ2n) is 10.9. The van der Waals surface area contributed by atoms with E-state index in [0.717, 1.165) is 29.7 Å². The number of aromatic nitrogens is 1. The Morgan fingerprint density at radius 1 is 1.00 bits per heavy atom. The van der Waals surface area contributed by atoms with Gasteiger partial charge in [0.05, 0.1) is 46.9 Å². The third-order valence-corrected chi connectivity index (χ3v) is 7.87. The summed E-state index contributed by atoms with van der Waals surface area (Å²) >= 11 is 0. The van der Waals surface area contributed by atoms with E-state index < -0.39 is 30.2 Å². The average Bonchev–Trinajstić information content (AvgIpc) is 3.04. The molecule has 7 nitrogen and oxygen atoms in total. The molecular weight excluding hydrogens is 590 g/mol. The third kappa shape index (κ3) is 6.68. The third-order valence-electron chi connectivity index (χ3n) is 7.87. The van der Waals surface area contributed by atoms with Crippen LogP contribution in [0.4, 0.5) is 28.9 Å². The minimum atomic E-state index is -4.61. The van der Waals surface area contributed by atoms with Crippen molar-refractivity contribution in [1.82, 2.24) is 4.98 Å². The Balaban J connectivity index is 1.27. The quantitative estimate of drug-likeness (QED) is 0.187. The van der Waals surface area contributed by atoms with Gasteiger partial charge in [-0.05, 0) is 78.4 Å². The number of nitrogens with zero attached hydrogens (tertiary/aromatic N) is 2.